The van der Waals surface area contributed by atoms with Gasteiger partial charge in [-0.25, -0.2) is 9.37 Å². The fourth-order valence-corrected chi connectivity index (χ4v) is 4.12. The molecule has 0 radical (unpaired) electrons. The van der Waals surface area contributed by atoms with Gasteiger partial charge in [-0.05, 0) is 61.8 Å². The zero-order valence-corrected chi connectivity index (χ0v) is 20.0. The summed E-state index contributed by atoms with van der Waals surface area (Å²) < 4.78 is 13.2. The second-order valence-electron chi connectivity index (χ2n) is 8.29. The highest BCUT2D eigenvalue weighted by Gasteiger charge is 2.10. The van der Waals surface area contributed by atoms with E-state index < -0.39 is 11.7 Å². The maximum Gasteiger partial charge on any atom is 0.248 e. The van der Waals surface area contributed by atoms with Gasteiger partial charge in [0, 0.05) is 53.8 Å². The van der Waals surface area contributed by atoms with E-state index >= 15 is 0 Å². The number of fused-ring (bicyclic) bond motifs is 3. The van der Waals surface area contributed by atoms with Crippen molar-refractivity contribution >= 4 is 45.0 Å². The molecule has 4 aromatic rings. The summed E-state index contributed by atoms with van der Waals surface area (Å²) in [5.74, 6) is -0.119. The summed E-state index contributed by atoms with van der Waals surface area (Å²) in [5, 5.41) is 13.2. The van der Waals surface area contributed by atoms with Crippen molar-refractivity contribution in [1.82, 2.24) is 20.6 Å². The molecule has 0 aliphatic heterocycles. The first-order chi connectivity index (χ1) is 17.0. The van der Waals surface area contributed by atoms with Gasteiger partial charge in [-0.3, -0.25) is 9.78 Å². The number of primary amides is 1. The van der Waals surface area contributed by atoms with Crippen LogP contribution in [-0.2, 0) is 6.54 Å². The molecule has 4 rings (SSSR count). The molecule has 1 amide bonds. The molecule has 0 spiro atoms. The van der Waals surface area contributed by atoms with Gasteiger partial charge in [-0.15, -0.1) is 0 Å². The predicted octanol–water partition coefficient (Wildman–Crippen LogP) is 4.25. The molecular formula is C26H28ClFN6O. The number of amides is 1. The van der Waals surface area contributed by atoms with Crippen LogP contribution >= 0.6 is 11.6 Å². The first-order valence-corrected chi connectivity index (χ1v) is 12.0. The molecule has 0 aliphatic carbocycles. The van der Waals surface area contributed by atoms with E-state index in [4.69, 9.17) is 22.3 Å². The van der Waals surface area contributed by atoms with Gasteiger partial charge >= 0.3 is 0 Å². The van der Waals surface area contributed by atoms with Crippen LogP contribution in [0.3, 0.4) is 0 Å². The van der Waals surface area contributed by atoms with E-state index in [-0.39, 0.29) is 5.02 Å². The van der Waals surface area contributed by atoms with Crippen molar-refractivity contribution in [3.63, 3.8) is 0 Å². The number of pyridine rings is 2. The third-order valence-electron chi connectivity index (χ3n) is 5.75. The van der Waals surface area contributed by atoms with Crippen LogP contribution in [0.5, 0.6) is 0 Å². The molecular weight excluding hydrogens is 467 g/mol. The molecule has 2 aromatic carbocycles. The van der Waals surface area contributed by atoms with Crippen molar-refractivity contribution in [1.29, 1.82) is 0 Å². The van der Waals surface area contributed by atoms with Crippen LogP contribution in [-0.4, -0.2) is 42.1 Å². The largest absolute Gasteiger partial charge is 0.368 e. The van der Waals surface area contributed by atoms with Crippen molar-refractivity contribution in [2.75, 3.05) is 31.5 Å². The normalized spacial score (nSPS) is 11.3. The number of benzene rings is 2. The van der Waals surface area contributed by atoms with E-state index in [9.17, 15) is 9.18 Å². The number of halogens is 2. The van der Waals surface area contributed by atoms with Gasteiger partial charge in [-0.2, -0.15) is 0 Å². The van der Waals surface area contributed by atoms with E-state index in [2.05, 4.69) is 20.9 Å². The lowest BCUT2D eigenvalue weighted by Gasteiger charge is -2.12. The number of anilines is 1. The summed E-state index contributed by atoms with van der Waals surface area (Å²) in [5.41, 5.74) is 7.53. The lowest BCUT2D eigenvalue weighted by Crippen LogP contribution is -2.24. The Morgan fingerprint density at radius 1 is 0.943 bits per heavy atom. The second kappa shape index (κ2) is 11.9. The SMILES string of the molecule is NC(=O)c1ccc2c(c1)nc(NCCNCCCCNCc1ccc(F)c(Cl)c1)c1ccncc12. The molecule has 35 heavy (non-hydrogen) atoms. The van der Waals surface area contributed by atoms with Crippen LogP contribution in [0.4, 0.5) is 10.2 Å². The van der Waals surface area contributed by atoms with Crippen molar-refractivity contribution in [3.8, 4) is 0 Å². The Kier molecular flexibility index (Phi) is 8.41. The molecule has 0 unspecified atom stereocenters. The van der Waals surface area contributed by atoms with Gasteiger partial charge in [0.05, 0.1) is 10.5 Å². The number of carbonyl (C=O) groups excluding carboxylic acids is 1. The van der Waals surface area contributed by atoms with Crippen LogP contribution in [0.1, 0.15) is 28.8 Å². The van der Waals surface area contributed by atoms with Gasteiger partial charge in [0.2, 0.25) is 5.91 Å². The quantitative estimate of drug-likeness (QED) is 0.173. The lowest BCUT2D eigenvalue weighted by molar-refractivity contribution is 0.100. The Morgan fingerprint density at radius 2 is 1.77 bits per heavy atom. The monoisotopic (exact) mass is 494 g/mol. The van der Waals surface area contributed by atoms with Crippen LogP contribution in [0, 0.1) is 5.82 Å². The smallest absolute Gasteiger partial charge is 0.248 e. The van der Waals surface area contributed by atoms with E-state index in [1.54, 1.807) is 30.5 Å². The molecule has 0 saturated carbocycles. The Bertz CT molecular complexity index is 1330. The molecule has 0 saturated heterocycles. The fraction of sp³-hybridized carbons (Fsp3) is 0.269. The zero-order chi connectivity index (χ0) is 24.6. The number of unbranched alkanes of at least 4 members (excludes halogenated alkanes) is 1. The number of carbonyl (C=O) groups is 1. The number of hydrogen-bond acceptors (Lipinski definition) is 6. The number of hydrogen-bond donors (Lipinski definition) is 4. The maximum absolute atomic E-state index is 13.2. The summed E-state index contributed by atoms with van der Waals surface area (Å²) in [7, 11) is 0. The van der Waals surface area contributed by atoms with Crippen molar-refractivity contribution in [2.45, 2.75) is 19.4 Å². The van der Waals surface area contributed by atoms with Crippen molar-refractivity contribution in [2.24, 2.45) is 5.73 Å². The van der Waals surface area contributed by atoms with Crippen LogP contribution in [0.25, 0.3) is 21.7 Å². The average Bonchev–Trinajstić information content (AvgIpc) is 2.86. The molecule has 2 heterocycles. The van der Waals surface area contributed by atoms with Crippen molar-refractivity contribution in [3.05, 3.63) is 76.8 Å². The molecule has 0 atom stereocenters. The van der Waals surface area contributed by atoms with Crippen LogP contribution < -0.4 is 21.7 Å². The number of aromatic nitrogens is 2. The summed E-state index contributed by atoms with van der Waals surface area (Å²) >= 11 is 5.81. The van der Waals surface area contributed by atoms with E-state index in [0.29, 0.717) is 24.2 Å². The van der Waals surface area contributed by atoms with Crippen LogP contribution in [0.15, 0.2) is 54.9 Å². The Morgan fingerprint density at radius 3 is 2.57 bits per heavy atom. The average molecular weight is 495 g/mol. The van der Waals surface area contributed by atoms with E-state index in [1.165, 1.54) is 6.07 Å². The summed E-state index contributed by atoms with van der Waals surface area (Å²) in [6, 6.07) is 12.0. The fourth-order valence-electron chi connectivity index (χ4n) is 3.91. The van der Waals surface area contributed by atoms with E-state index in [0.717, 1.165) is 60.0 Å². The standard InChI is InChI=1S/C26H28ClFN6O/c27-22-13-17(3-6-23(22)28)15-31-9-2-1-8-30-11-12-33-26-20-7-10-32-16-21(20)19-5-4-18(25(29)35)14-24(19)34-26/h3-7,10,13-14,16,30-31H,1-2,8-9,11-12,15H2,(H2,29,35)(H,33,34). The second-order valence-corrected chi connectivity index (χ2v) is 8.69. The van der Waals surface area contributed by atoms with Gasteiger partial charge in [-0.1, -0.05) is 23.7 Å². The molecule has 182 valence electrons. The minimum Gasteiger partial charge on any atom is -0.368 e. The summed E-state index contributed by atoms with van der Waals surface area (Å²) in [4.78, 5) is 20.6. The Balaban J connectivity index is 1.21. The minimum atomic E-state index is -0.478. The first kappa shape index (κ1) is 24.8. The highest BCUT2D eigenvalue weighted by molar-refractivity contribution is 6.30. The first-order valence-electron chi connectivity index (χ1n) is 11.6. The maximum atomic E-state index is 13.2. The lowest BCUT2D eigenvalue weighted by atomic mass is 10.1. The highest BCUT2D eigenvalue weighted by Crippen LogP contribution is 2.29. The number of rotatable bonds is 12. The van der Waals surface area contributed by atoms with E-state index in [1.807, 2.05) is 18.3 Å². The van der Waals surface area contributed by atoms with Crippen molar-refractivity contribution < 1.29 is 9.18 Å². The van der Waals surface area contributed by atoms with Gasteiger partial charge in [0.1, 0.15) is 11.6 Å². The van der Waals surface area contributed by atoms with Gasteiger partial charge in [0.25, 0.3) is 0 Å². The molecule has 5 N–H and O–H groups in total. The Labute approximate surface area is 208 Å². The minimum absolute atomic E-state index is 0.154. The topological polar surface area (TPSA) is 105 Å². The summed E-state index contributed by atoms with van der Waals surface area (Å²) in [6.45, 7) is 3.94. The summed E-state index contributed by atoms with van der Waals surface area (Å²) in [6.07, 6.45) is 5.62. The molecule has 0 fully saturated rings. The Hall–Kier alpha value is -3.33. The van der Waals surface area contributed by atoms with Gasteiger partial charge in [0.15, 0.2) is 0 Å². The van der Waals surface area contributed by atoms with Gasteiger partial charge < -0.3 is 21.7 Å². The molecule has 0 aliphatic rings. The molecule has 0 bridgehead atoms. The third-order valence-corrected chi connectivity index (χ3v) is 6.03. The number of nitrogens with one attached hydrogen (secondary N) is 3. The molecule has 7 nitrogen and oxygen atoms in total. The number of nitrogens with two attached hydrogens (primary N) is 1. The predicted molar refractivity (Wildman–Crippen MR) is 139 cm³/mol. The molecule has 2 aromatic heterocycles. The number of nitrogens with zero attached hydrogens (tertiary/aromatic N) is 2. The third kappa shape index (κ3) is 6.42. The molecule has 9 heteroatoms. The highest BCUT2D eigenvalue weighted by atomic mass is 35.5. The zero-order valence-electron chi connectivity index (χ0n) is 19.3. The van der Waals surface area contributed by atoms with Crippen LogP contribution in [0.2, 0.25) is 5.02 Å².